The Hall–Kier alpha value is -0.790. The van der Waals surface area contributed by atoms with Gasteiger partial charge < -0.3 is 4.90 Å². The van der Waals surface area contributed by atoms with Crippen LogP contribution in [0.2, 0.25) is 0 Å². The Morgan fingerprint density at radius 1 is 0.917 bits per heavy atom. The summed E-state index contributed by atoms with van der Waals surface area (Å²) in [6.07, 6.45) is 10.9. The molecule has 0 bridgehead atoms. The molecule has 0 unspecified atom stereocenters. The van der Waals surface area contributed by atoms with E-state index in [0.717, 1.165) is 19.4 Å². The van der Waals surface area contributed by atoms with Gasteiger partial charge in [0.15, 0.2) is 0 Å². The fraction of sp³-hybridized carbons (Fsp3) is 0.700. The van der Waals surface area contributed by atoms with Crippen molar-refractivity contribution in [2.45, 2.75) is 32.1 Å². The molecule has 0 atom stereocenters. The predicted molar refractivity (Wildman–Crippen MR) is 49.9 cm³/mol. The van der Waals surface area contributed by atoms with Gasteiger partial charge in [-0.1, -0.05) is 19.3 Å². The lowest BCUT2D eigenvalue weighted by Crippen LogP contribution is -2.21. The molecule has 1 heterocycles. The first-order valence-corrected chi connectivity index (χ1v) is 4.79. The van der Waals surface area contributed by atoms with Crippen LogP contribution in [-0.2, 0) is 4.79 Å². The number of rotatable bonds is 2. The number of nitrogens with zero attached hydrogens (tertiary/aromatic N) is 1. The van der Waals surface area contributed by atoms with Gasteiger partial charge in [-0.25, -0.2) is 0 Å². The smallest absolute Gasteiger partial charge is 0.144 e. The van der Waals surface area contributed by atoms with E-state index < -0.39 is 0 Å². The summed E-state index contributed by atoms with van der Waals surface area (Å²) in [7, 11) is 0. The standard InChI is InChI=1S/C10H17NO/c12-10-6-9-11-7-4-2-1-3-5-8-11/h6,9-10H,1-5,7-8H2/b9-6+. The molecule has 0 aromatic carbocycles. The van der Waals surface area contributed by atoms with Crippen LogP contribution in [0.5, 0.6) is 0 Å². The van der Waals surface area contributed by atoms with Crippen molar-refractivity contribution in [3.63, 3.8) is 0 Å². The number of likely N-dealkylation sites (tertiary alicyclic amines) is 1. The minimum Gasteiger partial charge on any atom is -0.377 e. The zero-order valence-electron chi connectivity index (χ0n) is 7.54. The third-order valence-electron chi connectivity index (χ3n) is 2.27. The van der Waals surface area contributed by atoms with Crippen LogP contribution in [0.4, 0.5) is 0 Å². The maximum atomic E-state index is 10.1. The third-order valence-corrected chi connectivity index (χ3v) is 2.27. The van der Waals surface area contributed by atoms with E-state index in [1.54, 1.807) is 6.08 Å². The van der Waals surface area contributed by atoms with Crippen LogP contribution in [0.1, 0.15) is 32.1 Å². The summed E-state index contributed by atoms with van der Waals surface area (Å²) in [6.45, 7) is 2.23. The van der Waals surface area contributed by atoms with E-state index >= 15 is 0 Å². The Balaban J connectivity index is 2.29. The lowest BCUT2D eigenvalue weighted by molar-refractivity contribution is -0.104. The SMILES string of the molecule is O=C/C=C/N1CCCCCCC1. The zero-order valence-corrected chi connectivity index (χ0v) is 7.54. The van der Waals surface area contributed by atoms with Crippen LogP contribution in [-0.4, -0.2) is 24.3 Å². The molecule has 1 rings (SSSR count). The Morgan fingerprint density at radius 2 is 1.50 bits per heavy atom. The lowest BCUT2D eigenvalue weighted by Gasteiger charge is -2.22. The molecule has 0 aromatic heterocycles. The summed E-state index contributed by atoms with van der Waals surface area (Å²) in [5, 5.41) is 0. The number of carbonyl (C=O) groups is 1. The first kappa shape index (κ1) is 9.30. The van der Waals surface area contributed by atoms with Crippen LogP contribution < -0.4 is 0 Å². The van der Waals surface area contributed by atoms with Crippen molar-refractivity contribution in [2.24, 2.45) is 0 Å². The fourth-order valence-corrected chi connectivity index (χ4v) is 1.58. The van der Waals surface area contributed by atoms with Gasteiger partial charge in [0.1, 0.15) is 6.29 Å². The average Bonchev–Trinajstić information content (AvgIpc) is 2.02. The largest absolute Gasteiger partial charge is 0.377 e. The highest BCUT2D eigenvalue weighted by Gasteiger charge is 2.02. The Bertz CT molecular complexity index is 146. The number of aldehydes is 1. The molecule has 2 heteroatoms. The van der Waals surface area contributed by atoms with Gasteiger partial charge in [0.25, 0.3) is 0 Å². The normalized spacial score (nSPS) is 20.5. The number of allylic oxidation sites excluding steroid dienone is 1. The highest BCUT2D eigenvalue weighted by molar-refractivity contribution is 5.64. The topological polar surface area (TPSA) is 20.3 Å². The zero-order chi connectivity index (χ0) is 8.65. The number of hydrogen-bond donors (Lipinski definition) is 0. The Morgan fingerprint density at radius 3 is 2.08 bits per heavy atom. The Labute approximate surface area is 74.2 Å². The van der Waals surface area contributed by atoms with Crippen LogP contribution in [0.25, 0.3) is 0 Å². The van der Waals surface area contributed by atoms with Gasteiger partial charge in [-0.15, -0.1) is 0 Å². The fourth-order valence-electron chi connectivity index (χ4n) is 1.58. The second-order valence-corrected chi connectivity index (χ2v) is 3.28. The van der Waals surface area contributed by atoms with Gasteiger partial charge in [0, 0.05) is 19.3 Å². The molecular formula is C10H17NO. The molecule has 0 spiro atoms. The highest BCUT2D eigenvalue weighted by Crippen LogP contribution is 2.10. The molecule has 0 aliphatic carbocycles. The first-order chi connectivity index (χ1) is 5.93. The summed E-state index contributed by atoms with van der Waals surface area (Å²) >= 11 is 0. The maximum absolute atomic E-state index is 10.1. The maximum Gasteiger partial charge on any atom is 0.144 e. The van der Waals surface area contributed by atoms with Gasteiger partial charge >= 0.3 is 0 Å². The Kier molecular flexibility index (Phi) is 4.50. The van der Waals surface area contributed by atoms with Gasteiger partial charge in [-0.05, 0) is 18.9 Å². The minimum absolute atomic E-state index is 0.846. The highest BCUT2D eigenvalue weighted by atomic mass is 16.1. The second-order valence-electron chi connectivity index (χ2n) is 3.28. The quantitative estimate of drug-likeness (QED) is 0.463. The summed E-state index contributed by atoms with van der Waals surface area (Å²) in [4.78, 5) is 12.3. The van der Waals surface area contributed by atoms with E-state index in [-0.39, 0.29) is 0 Å². The van der Waals surface area contributed by atoms with E-state index in [9.17, 15) is 4.79 Å². The van der Waals surface area contributed by atoms with Crippen molar-refractivity contribution in [1.82, 2.24) is 4.90 Å². The van der Waals surface area contributed by atoms with Crippen LogP contribution in [0.3, 0.4) is 0 Å². The molecule has 2 nitrogen and oxygen atoms in total. The van der Waals surface area contributed by atoms with Gasteiger partial charge in [0.2, 0.25) is 0 Å². The van der Waals surface area contributed by atoms with Crippen molar-refractivity contribution >= 4 is 6.29 Å². The molecule has 0 N–H and O–H groups in total. The van der Waals surface area contributed by atoms with Crippen molar-refractivity contribution in [3.05, 3.63) is 12.3 Å². The van der Waals surface area contributed by atoms with Crippen LogP contribution in [0.15, 0.2) is 12.3 Å². The molecule has 68 valence electrons. The van der Waals surface area contributed by atoms with Crippen molar-refractivity contribution in [1.29, 1.82) is 0 Å². The van der Waals surface area contributed by atoms with Crippen molar-refractivity contribution in [3.8, 4) is 0 Å². The van der Waals surface area contributed by atoms with Gasteiger partial charge in [0.05, 0.1) is 0 Å². The number of hydrogen-bond acceptors (Lipinski definition) is 2. The molecule has 0 saturated carbocycles. The molecule has 0 amide bonds. The third kappa shape index (κ3) is 3.56. The minimum atomic E-state index is 0.846. The number of carbonyl (C=O) groups excluding carboxylic acids is 1. The van der Waals surface area contributed by atoms with E-state index in [1.165, 1.54) is 32.1 Å². The molecule has 1 fully saturated rings. The summed E-state index contributed by atoms with van der Waals surface area (Å²) in [6, 6.07) is 0. The molecule has 12 heavy (non-hydrogen) atoms. The van der Waals surface area contributed by atoms with Crippen LogP contribution >= 0.6 is 0 Å². The molecule has 1 aliphatic heterocycles. The average molecular weight is 167 g/mol. The van der Waals surface area contributed by atoms with Crippen molar-refractivity contribution < 1.29 is 4.79 Å². The first-order valence-electron chi connectivity index (χ1n) is 4.79. The molecule has 0 aromatic rings. The second kappa shape index (κ2) is 5.81. The lowest BCUT2D eigenvalue weighted by atomic mass is 10.1. The van der Waals surface area contributed by atoms with E-state index in [0.29, 0.717) is 0 Å². The molecule has 0 radical (unpaired) electrons. The summed E-state index contributed by atoms with van der Waals surface area (Å²) < 4.78 is 0. The van der Waals surface area contributed by atoms with Gasteiger partial charge in [-0.3, -0.25) is 4.79 Å². The molecular weight excluding hydrogens is 150 g/mol. The molecule has 1 aliphatic rings. The summed E-state index contributed by atoms with van der Waals surface area (Å²) in [5.74, 6) is 0. The predicted octanol–water partition coefficient (Wildman–Crippen LogP) is 1.97. The van der Waals surface area contributed by atoms with Gasteiger partial charge in [-0.2, -0.15) is 0 Å². The van der Waals surface area contributed by atoms with E-state index in [2.05, 4.69) is 4.90 Å². The molecule has 1 saturated heterocycles. The monoisotopic (exact) mass is 167 g/mol. The van der Waals surface area contributed by atoms with E-state index in [1.807, 2.05) is 6.20 Å². The summed E-state index contributed by atoms with van der Waals surface area (Å²) in [5.41, 5.74) is 0. The van der Waals surface area contributed by atoms with E-state index in [4.69, 9.17) is 0 Å². The van der Waals surface area contributed by atoms with Crippen LogP contribution in [0, 0.1) is 0 Å². The van der Waals surface area contributed by atoms with Crippen molar-refractivity contribution in [2.75, 3.05) is 13.1 Å².